The number of aromatic amines is 1. The van der Waals surface area contributed by atoms with Crippen molar-refractivity contribution in [2.75, 3.05) is 20.7 Å². The summed E-state index contributed by atoms with van der Waals surface area (Å²) in [7, 11) is 3.71. The summed E-state index contributed by atoms with van der Waals surface area (Å²) in [6.07, 6.45) is 3.47. The fourth-order valence-corrected chi connectivity index (χ4v) is 2.98. The van der Waals surface area contributed by atoms with E-state index >= 15 is 0 Å². The SMILES string of the molecule is COc1cccc2[nH]c(=O)n(C3CCCCN3C)c12. The maximum atomic E-state index is 12.3. The minimum atomic E-state index is -0.0572. The van der Waals surface area contributed by atoms with Crippen LogP contribution in [0.5, 0.6) is 5.75 Å². The topological polar surface area (TPSA) is 50.3 Å². The number of aromatic nitrogens is 2. The predicted molar refractivity (Wildman–Crippen MR) is 74.6 cm³/mol. The van der Waals surface area contributed by atoms with E-state index in [1.807, 2.05) is 22.8 Å². The number of benzene rings is 1. The molecule has 0 saturated carbocycles. The normalized spacial score (nSPS) is 20.8. The zero-order valence-corrected chi connectivity index (χ0v) is 11.3. The summed E-state index contributed by atoms with van der Waals surface area (Å²) in [4.78, 5) is 17.4. The average Bonchev–Trinajstić information content (AvgIpc) is 2.75. The van der Waals surface area contributed by atoms with Crippen molar-refractivity contribution in [2.24, 2.45) is 0 Å². The Morgan fingerprint density at radius 1 is 1.37 bits per heavy atom. The Balaban J connectivity index is 2.22. The minimum absolute atomic E-state index is 0.0572. The molecule has 0 bridgehead atoms. The molecule has 1 saturated heterocycles. The maximum absolute atomic E-state index is 12.3. The number of para-hydroxylation sites is 1. The van der Waals surface area contributed by atoms with Gasteiger partial charge in [-0.3, -0.25) is 9.47 Å². The lowest BCUT2D eigenvalue weighted by Gasteiger charge is -2.33. The van der Waals surface area contributed by atoms with E-state index in [0.717, 1.165) is 36.2 Å². The summed E-state index contributed by atoms with van der Waals surface area (Å²) in [5.41, 5.74) is 1.65. The van der Waals surface area contributed by atoms with Gasteiger partial charge in [0.1, 0.15) is 11.3 Å². The van der Waals surface area contributed by atoms with Crippen LogP contribution in [0.3, 0.4) is 0 Å². The van der Waals surface area contributed by atoms with E-state index in [-0.39, 0.29) is 11.9 Å². The molecule has 3 rings (SSSR count). The Bertz CT molecular complexity index is 644. The number of nitrogens with zero attached hydrogens (tertiary/aromatic N) is 2. The third-order valence-corrected chi connectivity index (χ3v) is 3.95. The minimum Gasteiger partial charge on any atom is -0.494 e. The second-order valence-corrected chi connectivity index (χ2v) is 5.11. The number of methoxy groups -OCH3 is 1. The molecule has 1 aromatic heterocycles. The summed E-state index contributed by atoms with van der Waals surface area (Å²) >= 11 is 0. The van der Waals surface area contributed by atoms with Gasteiger partial charge in [-0.15, -0.1) is 0 Å². The molecule has 2 aromatic rings. The van der Waals surface area contributed by atoms with Gasteiger partial charge in [0.2, 0.25) is 0 Å². The van der Waals surface area contributed by atoms with E-state index in [9.17, 15) is 4.79 Å². The number of likely N-dealkylation sites (tertiary alicyclic amines) is 1. The van der Waals surface area contributed by atoms with E-state index in [0.29, 0.717) is 0 Å². The number of ether oxygens (including phenoxy) is 1. The zero-order valence-electron chi connectivity index (χ0n) is 11.3. The molecule has 1 aliphatic rings. The molecular formula is C14H19N3O2. The lowest BCUT2D eigenvalue weighted by Crippen LogP contribution is -2.37. The van der Waals surface area contributed by atoms with Gasteiger partial charge in [-0.2, -0.15) is 0 Å². The van der Waals surface area contributed by atoms with Gasteiger partial charge in [-0.05, 0) is 45.0 Å². The van der Waals surface area contributed by atoms with E-state index in [1.165, 1.54) is 6.42 Å². The van der Waals surface area contributed by atoms with Gasteiger partial charge >= 0.3 is 5.69 Å². The molecule has 0 amide bonds. The molecule has 0 aliphatic carbocycles. The number of imidazole rings is 1. The van der Waals surface area contributed by atoms with Crippen molar-refractivity contribution in [3.8, 4) is 5.75 Å². The summed E-state index contributed by atoms with van der Waals surface area (Å²) in [5, 5.41) is 0. The van der Waals surface area contributed by atoms with Crippen LogP contribution in [0, 0.1) is 0 Å². The maximum Gasteiger partial charge on any atom is 0.327 e. The molecule has 1 atom stereocenters. The van der Waals surface area contributed by atoms with Crippen LogP contribution >= 0.6 is 0 Å². The van der Waals surface area contributed by atoms with Gasteiger partial charge in [0, 0.05) is 0 Å². The summed E-state index contributed by atoms with van der Waals surface area (Å²) in [6.45, 7) is 1.03. The Morgan fingerprint density at radius 2 is 2.21 bits per heavy atom. The van der Waals surface area contributed by atoms with Crippen LogP contribution < -0.4 is 10.4 Å². The smallest absolute Gasteiger partial charge is 0.327 e. The van der Waals surface area contributed by atoms with Crippen LogP contribution in [0.4, 0.5) is 0 Å². The Kier molecular flexibility index (Phi) is 3.06. The van der Waals surface area contributed by atoms with Crippen LogP contribution in [0.25, 0.3) is 11.0 Å². The highest BCUT2D eigenvalue weighted by Crippen LogP contribution is 2.30. The molecule has 0 spiro atoms. The van der Waals surface area contributed by atoms with Crippen molar-refractivity contribution in [2.45, 2.75) is 25.4 Å². The Morgan fingerprint density at radius 3 is 2.95 bits per heavy atom. The molecule has 5 nitrogen and oxygen atoms in total. The van der Waals surface area contributed by atoms with Crippen LogP contribution in [-0.2, 0) is 0 Å². The van der Waals surface area contributed by atoms with Gasteiger partial charge in [-0.1, -0.05) is 6.07 Å². The van der Waals surface area contributed by atoms with Gasteiger partial charge in [-0.25, -0.2) is 4.79 Å². The third kappa shape index (κ3) is 1.94. The van der Waals surface area contributed by atoms with Crippen LogP contribution in [0.1, 0.15) is 25.4 Å². The van der Waals surface area contributed by atoms with Crippen molar-refractivity contribution in [1.29, 1.82) is 0 Å². The van der Waals surface area contributed by atoms with Crippen LogP contribution in [0.15, 0.2) is 23.0 Å². The van der Waals surface area contributed by atoms with Crippen molar-refractivity contribution in [1.82, 2.24) is 14.5 Å². The summed E-state index contributed by atoms with van der Waals surface area (Å²) < 4.78 is 7.25. The quantitative estimate of drug-likeness (QED) is 0.899. The van der Waals surface area contributed by atoms with E-state index in [4.69, 9.17) is 4.74 Å². The molecule has 19 heavy (non-hydrogen) atoms. The molecule has 102 valence electrons. The van der Waals surface area contributed by atoms with Gasteiger partial charge < -0.3 is 9.72 Å². The van der Waals surface area contributed by atoms with Crippen LogP contribution in [0.2, 0.25) is 0 Å². The monoisotopic (exact) mass is 261 g/mol. The highest BCUT2D eigenvalue weighted by atomic mass is 16.5. The largest absolute Gasteiger partial charge is 0.494 e. The highest BCUT2D eigenvalue weighted by Gasteiger charge is 2.25. The number of rotatable bonds is 2. The lowest BCUT2D eigenvalue weighted by atomic mass is 10.1. The fraction of sp³-hybridized carbons (Fsp3) is 0.500. The number of hydrogen-bond donors (Lipinski definition) is 1. The first-order chi connectivity index (χ1) is 9.22. The second kappa shape index (κ2) is 4.74. The Hall–Kier alpha value is -1.75. The number of H-pyrrole nitrogens is 1. The van der Waals surface area contributed by atoms with Crippen molar-refractivity contribution >= 4 is 11.0 Å². The first-order valence-corrected chi connectivity index (χ1v) is 6.70. The molecule has 5 heteroatoms. The van der Waals surface area contributed by atoms with Gasteiger partial charge in [0.05, 0.1) is 18.8 Å². The molecule has 1 aliphatic heterocycles. The fourth-order valence-electron chi connectivity index (χ4n) is 2.98. The number of hydrogen-bond acceptors (Lipinski definition) is 3. The molecule has 1 unspecified atom stereocenters. The van der Waals surface area contributed by atoms with E-state index in [2.05, 4.69) is 16.9 Å². The van der Waals surface area contributed by atoms with Gasteiger partial charge in [0.15, 0.2) is 0 Å². The Labute approximate surface area is 111 Å². The zero-order chi connectivity index (χ0) is 13.4. The molecular weight excluding hydrogens is 242 g/mol. The molecule has 2 heterocycles. The van der Waals surface area contributed by atoms with E-state index < -0.39 is 0 Å². The van der Waals surface area contributed by atoms with Crippen LogP contribution in [-0.4, -0.2) is 35.2 Å². The first-order valence-electron chi connectivity index (χ1n) is 6.70. The molecule has 1 fully saturated rings. The van der Waals surface area contributed by atoms with Crippen molar-refractivity contribution in [3.63, 3.8) is 0 Å². The number of nitrogens with one attached hydrogen (secondary N) is 1. The molecule has 1 aromatic carbocycles. The van der Waals surface area contributed by atoms with Crippen molar-refractivity contribution < 1.29 is 4.74 Å². The van der Waals surface area contributed by atoms with Crippen molar-refractivity contribution in [3.05, 3.63) is 28.7 Å². The second-order valence-electron chi connectivity index (χ2n) is 5.11. The van der Waals surface area contributed by atoms with Gasteiger partial charge in [0.25, 0.3) is 0 Å². The highest BCUT2D eigenvalue weighted by molar-refractivity contribution is 5.82. The average molecular weight is 261 g/mol. The number of piperidine rings is 1. The predicted octanol–water partition coefficient (Wildman–Crippen LogP) is 1.95. The summed E-state index contributed by atoms with van der Waals surface area (Å²) in [6, 6.07) is 5.71. The first kappa shape index (κ1) is 12.3. The molecule has 1 N–H and O–H groups in total. The third-order valence-electron chi connectivity index (χ3n) is 3.95. The molecule has 0 radical (unpaired) electrons. The van der Waals surface area contributed by atoms with E-state index in [1.54, 1.807) is 7.11 Å². The summed E-state index contributed by atoms with van der Waals surface area (Å²) in [5.74, 6) is 0.745. The standard InChI is InChI=1S/C14H19N3O2/c1-16-9-4-3-8-12(16)17-13-10(15-14(17)18)6-5-7-11(13)19-2/h5-7,12H,3-4,8-9H2,1-2H3,(H,15,18). The lowest BCUT2D eigenvalue weighted by molar-refractivity contribution is 0.127. The number of fused-ring (bicyclic) bond motifs is 1.